The van der Waals surface area contributed by atoms with Gasteiger partial charge in [-0.15, -0.1) is 0 Å². The zero-order chi connectivity index (χ0) is 12.1. The molecule has 0 radical (unpaired) electrons. The third-order valence-corrected chi connectivity index (χ3v) is 2.87. The van der Waals surface area contributed by atoms with E-state index in [2.05, 4.69) is 5.32 Å². The highest BCUT2D eigenvalue weighted by Crippen LogP contribution is 2.34. The highest BCUT2D eigenvalue weighted by Gasteiger charge is 2.10. The van der Waals surface area contributed by atoms with Crippen molar-refractivity contribution in [2.45, 2.75) is 6.54 Å². The van der Waals surface area contributed by atoms with Crippen LogP contribution in [0.15, 0.2) is 12.1 Å². The Morgan fingerprint density at radius 2 is 2.12 bits per heavy atom. The molecule has 0 unspecified atom stereocenters. The molecular formula is C10H11Cl2NO3. The van der Waals surface area contributed by atoms with Crippen molar-refractivity contribution in [2.75, 3.05) is 13.7 Å². The van der Waals surface area contributed by atoms with Crippen LogP contribution in [0.1, 0.15) is 5.56 Å². The number of carbonyl (C=O) groups excluding carboxylic acids is 1. The van der Waals surface area contributed by atoms with Gasteiger partial charge < -0.3 is 15.2 Å². The first-order chi connectivity index (χ1) is 7.60. The predicted molar refractivity (Wildman–Crippen MR) is 61.9 cm³/mol. The standard InChI is InChI=1S/C10H11Cl2NO3/c1-16-7-3-2-6(9(11)10(7)12)4-13-8(15)5-14/h2-3,14H,4-5H2,1H3,(H,13,15). The molecule has 0 saturated carbocycles. The van der Waals surface area contributed by atoms with Gasteiger partial charge in [-0.2, -0.15) is 0 Å². The molecule has 1 amide bonds. The minimum atomic E-state index is -0.554. The van der Waals surface area contributed by atoms with Gasteiger partial charge >= 0.3 is 0 Å². The van der Waals surface area contributed by atoms with Crippen LogP contribution >= 0.6 is 23.2 Å². The lowest BCUT2D eigenvalue weighted by molar-refractivity contribution is -0.123. The highest BCUT2D eigenvalue weighted by molar-refractivity contribution is 6.43. The Hall–Kier alpha value is -0.970. The molecule has 2 N–H and O–H groups in total. The summed E-state index contributed by atoms with van der Waals surface area (Å²) in [4.78, 5) is 10.8. The highest BCUT2D eigenvalue weighted by atomic mass is 35.5. The fourth-order valence-corrected chi connectivity index (χ4v) is 1.60. The first kappa shape index (κ1) is 13.1. The van der Waals surface area contributed by atoms with Gasteiger partial charge in [-0.25, -0.2) is 0 Å². The summed E-state index contributed by atoms with van der Waals surface area (Å²) >= 11 is 11.9. The summed E-state index contributed by atoms with van der Waals surface area (Å²) in [5.74, 6) is 0.00640. The van der Waals surface area contributed by atoms with Gasteiger partial charge in [0.2, 0.25) is 5.91 Å². The van der Waals surface area contributed by atoms with Gasteiger partial charge in [0.15, 0.2) is 0 Å². The number of carbonyl (C=O) groups is 1. The van der Waals surface area contributed by atoms with Crippen LogP contribution in [0.2, 0.25) is 10.0 Å². The van der Waals surface area contributed by atoms with Gasteiger partial charge in [0.1, 0.15) is 17.4 Å². The summed E-state index contributed by atoms with van der Waals surface area (Å²) < 4.78 is 4.98. The van der Waals surface area contributed by atoms with E-state index in [9.17, 15) is 4.79 Å². The van der Waals surface area contributed by atoms with Gasteiger partial charge in [-0.1, -0.05) is 29.3 Å². The smallest absolute Gasteiger partial charge is 0.245 e. The maximum Gasteiger partial charge on any atom is 0.245 e. The number of halogens is 2. The Kier molecular flexibility index (Phi) is 4.86. The normalized spacial score (nSPS) is 10.0. The van der Waals surface area contributed by atoms with Crippen LogP contribution in [0.4, 0.5) is 0 Å². The van der Waals surface area contributed by atoms with Crippen LogP contribution in [0.5, 0.6) is 5.75 Å². The number of aliphatic hydroxyl groups is 1. The first-order valence-electron chi connectivity index (χ1n) is 4.48. The van der Waals surface area contributed by atoms with Crippen LogP contribution in [-0.2, 0) is 11.3 Å². The molecule has 16 heavy (non-hydrogen) atoms. The van der Waals surface area contributed by atoms with Crippen LogP contribution in [0.25, 0.3) is 0 Å². The Morgan fingerprint density at radius 3 is 2.69 bits per heavy atom. The second kappa shape index (κ2) is 5.94. The Balaban J connectivity index is 2.82. The molecule has 88 valence electrons. The summed E-state index contributed by atoms with van der Waals surface area (Å²) in [5, 5.41) is 11.6. The molecule has 1 aromatic carbocycles. The largest absolute Gasteiger partial charge is 0.495 e. The number of benzene rings is 1. The van der Waals surface area contributed by atoms with Crippen molar-refractivity contribution >= 4 is 29.1 Å². The first-order valence-corrected chi connectivity index (χ1v) is 5.24. The molecule has 0 aromatic heterocycles. The van der Waals surface area contributed by atoms with Gasteiger partial charge in [-0.3, -0.25) is 4.79 Å². The molecule has 0 bridgehead atoms. The molecule has 0 atom stereocenters. The number of hydrogen-bond donors (Lipinski definition) is 2. The van der Waals surface area contributed by atoms with Crippen molar-refractivity contribution in [3.8, 4) is 5.75 Å². The molecule has 0 aliphatic heterocycles. The summed E-state index contributed by atoms with van der Waals surface area (Å²) in [6.45, 7) is -0.344. The number of ether oxygens (including phenoxy) is 1. The van der Waals surface area contributed by atoms with E-state index in [1.165, 1.54) is 7.11 Å². The van der Waals surface area contributed by atoms with Gasteiger partial charge in [0.05, 0.1) is 12.1 Å². The summed E-state index contributed by atoms with van der Waals surface area (Å²) in [5.41, 5.74) is 0.661. The number of amides is 1. The maximum atomic E-state index is 10.8. The molecular weight excluding hydrogens is 253 g/mol. The van der Waals surface area contributed by atoms with E-state index in [0.29, 0.717) is 21.4 Å². The summed E-state index contributed by atoms with van der Waals surface area (Å²) in [6, 6.07) is 3.36. The van der Waals surface area contributed by atoms with E-state index in [1.54, 1.807) is 12.1 Å². The third kappa shape index (κ3) is 3.01. The predicted octanol–water partition coefficient (Wildman–Crippen LogP) is 1.61. The van der Waals surface area contributed by atoms with E-state index in [-0.39, 0.29) is 6.54 Å². The molecule has 0 aliphatic carbocycles. The number of nitrogens with one attached hydrogen (secondary N) is 1. The Morgan fingerprint density at radius 1 is 1.44 bits per heavy atom. The van der Waals surface area contributed by atoms with E-state index in [1.807, 2.05) is 0 Å². The van der Waals surface area contributed by atoms with Gasteiger partial charge in [0.25, 0.3) is 0 Å². The lowest BCUT2D eigenvalue weighted by Crippen LogP contribution is -2.25. The topological polar surface area (TPSA) is 58.6 Å². The zero-order valence-corrected chi connectivity index (χ0v) is 10.1. The van der Waals surface area contributed by atoms with Crippen molar-refractivity contribution in [3.63, 3.8) is 0 Å². The molecule has 0 fully saturated rings. The molecule has 6 heteroatoms. The molecule has 1 rings (SSSR count). The lowest BCUT2D eigenvalue weighted by Gasteiger charge is -2.10. The quantitative estimate of drug-likeness (QED) is 0.868. The van der Waals surface area contributed by atoms with Crippen molar-refractivity contribution in [3.05, 3.63) is 27.7 Å². The van der Waals surface area contributed by atoms with Crippen LogP contribution in [0, 0.1) is 0 Å². The third-order valence-electron chi connectivity index (χ3n) is 1.97. The SMILES string of the molecule is COc1ccc(CNC(=O)CO)c(Cl)c1Cl. The van der Waals surface area contributed by atoms with Crippen molar-refractivity contribution < 1.29 is 14.6 Å². The van der Waals surface area contributed by atoms with Crippen LogP contribution in [0.3, 0.4) is 0 Å². The Labute approximate surface area is 103 Å². The molecule has 0 saturated heterocycles. The van der Waals surface area contributed by atoms with E-state index in [4.69, 9.17) is 33.0 Å². The molecule has 0 aliphatic rings. The van der Waals surface area contributed by atoms with Crippen LogP contribution < -0.4 is 10.1 Å². The van der Waals surface area contributed by atoms with Crippen LogP contribution in [-0.4, -0.2) is 24.7 Å². The average molecular weight is 264 g/mol. The zero-order valence-electron chi connectivity index (χ0n) is 8.59. The van der Waals surface area contributed by atoms with Crippen molar-refractivity contribution in [1.82, 2.24) is 5.32 Å². The molecule has 4 nitrogen and oxygen atoms in total. The number of rotatable bonds is 4. The number of aliphatic hydroxyl groups excluding tert-OH is 1. The van der Waals surface area contributed by atoms with E-state index in [0.717, 1.165) is 0 Å². The van der Waals surface area contributed by atoms with Crippen molar-refractivity contribution in [2.24, 2.45) is 0 Å². The van der Waals surface area contributed by atoms with Gasteiger partial charge in [-0.05, 0) is 11.6 Å². The fourth-order valence-electron chi connectivity index (χ4n) is 1.12. The minimum absolute atomic E-state index is 0.210. The van der Waals surface area contributed by atoms with Gasteiger partial charge in [0, 0.05) is 6.54 Å². The maximum absolute atomic E-state index is 10.8. The second-order valence-corrected chi connectivity index (χ2v) is 3.75. The monoisotopic (exact) mass is 263 g/mol. The lowest BCUT2D eigenvalue weighted by atomic mass is 10.2. The summed E-state index contributed by atoms with van der Waals surface area (Å²) in [6.07, 6.45) is 0. The fraction of sp³-hybridized carbons (Fsp3) is 0.300. The second-order valence-electron chi connectivity index (χ2n) is 2.99. The van der Waals surface area contributed by atoms with Crippen molar-refractivity contribution in [1.29, 1.82) is 0 Å². The summed E-state index contributed by atoms with van der Waals surface area (Å²) in [7, 11) is 1.49. The minimum Gasteiger partial charge on any atom is -0.495 e. The number of methoxy groups -OCH3 is 1. The molecule has 0 spiro atoms. The molecule has 1 aromatic rings. The average Bonchev–Trinajstić information content (AvgIpc) is 2.30. The number of hydrogen-bond acceptors (Lipinski definition) is 3. The van der Waals surface area contributed by atoms with E-state index >= 15 is 0 Å². The molecule has 0 heterocycles. The Bertz CT molecular complexity index is 396. The van der Waals surface area contributed by atoms with E-state index < -0.39 is 12.5 Å².